The van der Waals surface area contributed by atoms with Gasteiger partial charge in [0.2, 0.25) is 0 Å². The molecular formula is C12H24N2O2S. The van der Waals surface area contributed by atoms with Gasteiger partial charge in [0, 0.05) is 11.8 Å². The van der Waals surface area contributed by atoms with Crippen LogP contribution >= 0.6 is 11.8 Å². The molecule has 0 spiro atoms. The third-order valence-corrected chi connectivity index (χ3v) is 4.22. The van der Waals surface area contributed by atoms with Crippen LogP contribution in [-0.4, -0.2) is 41.3 Å². The number of amides is 2. The number of aliphatic hydroxyl groups is 1. The molecule has 1 heterocycles. The van der Waals surface area contributed by atoms with Gasteiger partial charge in [0.15, 0.2) is 0 Å². The number of urea groups is 1. The van der Waals surface area contributed by atoms with Gasteiger partial charge in [-0.05, 0) is 30.9 Å². The Labute approximate surface area is 108 Å². The fourth-order valence-corrected chi connectivity index (χ4v) is 3.20. The van der Waals surface area contributed by atoms with Gasteiger partial charge in [0.25, 0.3) is 0 Å². The van der Waals surface area contributed by atoms with Gasteiger partial charge in [0.05, 0.1) is 12.6 Å². The van der Waals surface area contributed by atoms with Crippen molar-refractivity contribution in [2.24, 2.45) is 5.92 Å². The lowest BCUT2D eigenvalue weighted by atomic mass is 10.0. The maximum absolute atomic E-state index is 11.6. The monoisotopic (exact) mass is 260 g/mol. The number of carbonyl (C=O) groups is 1. The molecule has 0 aromatic heterocycles. The van der Waals surface area contributed by atoms with Crippen LogP contribution in [-0.2, 0) is 0 Å². The molecule has 1 saturated heterocycles. The maximum atomic E-state index is 11.6. The molecule has 0 aliphatic carbocycles. The molecule has 1 rings (SSSR count). The smallest absolute Gasteiger partial charge is 0.315 e. The summed E-state index contributed by atoms with van der Waals surface area (Å²) < 4.78 is 0. The van der Waals surface area contributed by atoms with Crippen LogP contribution in [0.2, 0.25) is 0 Å². The highest BCUT2D eigenvalue weighted by Gasteiger charge is 2.17. The van der Waals surface area contributed by atoms with E-state index in [2.05, 4.69) is 24.5 Å². The van der Waals surface area contributed by atoms with Crippen LogP contribution < -0.4 is 10.6 Å². The minimum Gasteiger partial charge on any atom is -0.394 e. The predicted octanol–water partition coefficient (Wildman–Crippen LogP) is 1.59. The fourth-order valence-electron chi connectivity index (χ4n) is 2.00. The minimum atomic E-state index is -0.155. The van der Waals surface area contributed by atoms with E-state index >= 15 is 0 Å². The second kappa shape index (κ2) is 7.82. The van der Waals surface area contributed by atoms with Crippen molar-refractivity contribution in [3.63, 3.8) is 0 Å². The summed E-state index contributed by atoms with van der Waals surface area (Å²) in [7, 11) is 0. The Morgan fingerprint density at radius 1 is 1.53 bits per heavy atom. The van der Waals surface area contributed by atoms with Crippen LogP contribution in [0, 0.1) is 5.92 Å². The summed E-state index contributed by atoms with van der Waals surface area (Å²) >= 11 is 1.93. The number of rotatable bonds is 6. The van der Waals surface area contributed by atoms with E-state index in [-0.39, 0.29) is 18.7 Å². The molecule has 0 saturated carbocycles. The first-order valence-corrected chi connectivity index (χ1v) is 7.43. The highest BCUT2D eigenvalue weighted by atomic mass is 32.2. The number of hydrogen-bond acceptors (Lipinski definition) is 3. The molecule has 2 atom stereocenters. The largest absolute Gasteiger partial charge is 0.394 e. The Bertz CT molecular complexity index is 231. The molecule has 0 radical (unpaired) electrons. The summed E-state index contributed by atoms with van der Waals surface area (Å²) in [6, 6.07) is -0.288. The van der Waals surface area contributed by atoms with E-state index < -0.39 is 0 Å². The molecule has 1 aliphatic rings. The number of hydrogen-bond donors (Lipinski definition) is 3. The zero-order valence-electron chi connectivity index (χ0n) is 10.7. The van der Waals surface area contributed by atoms with Crippen molar-refractivity contribution in [2.45, 2.75) is 44.4 Å². The van der Waals surface area contributed by atoms with Crippen LogP contribution in [0.25, 0.3) is 0 Å². The summed E-state index contributed by atoms with van der Waals surface area (Å²) in [5.74, 6) is 1.68. The third-order valence-electron chi connectivity index (χ3n) is 2.83. The second-order valence-electron chi connectivity index (χ2n) is 5.00. The van der Waals surface area contributed by atoms with Crippen molar-refractivity contribution in [2.75, 3.05) is 18.9 Å². The number of aliphatic hydroxyl groups excluding tert-OH is 1. The molecule has 5 heteroatoms. The van der Waals surface area contributed by atoms with Gasteiger partial charge in [-0.3, -0.25) is 0 Å². The summed E-state index contributed by atoms with van der Waals surface area (Å²) in [6.07, 6.45) is 3.26. The lowest BCUT2D eigenvalue weighted by molar-refractivity contribution is 0.207. The third kappa shape index (κ3) is 6.17. The molecule has 2 amide bonds. The maximum Gasteiger partial charge on any atom is 0.315 e. The average Bonchev–Trinajstić information content (AvgIpc) is 2.77. The Kier molecular flexibility index (Phi) is 6.73. The van der Waals surface area contributed by atoms with E-state index in [0.29, 0.717) is 11.2 Å². The zero-order valence-corrected chi connectivity index (χ0v) is 11.6. The van der Waals surface area contributed by atoms with E-state index in [1.807, 2.05) is 11.8 Å². The summed E-state index contributed by atoms with van der Waals surface area (Å²) in [5.41, 5.74) is 0. The predicted molar refractivity (Wildman–Crippen MR) is 72.3 cm³/mol. The summed E-state index contributed by atoms with van der Waals surface area (Å²) in [4.78, 5) is 11.6. The molecule has 3 N–H and O–H groups in total. The molecular weight excluding hydrogens is 236 g/mol. The number of thioether (sulfide) groups is 1. The number of nitrogens with one attached hydrogen (secondary N) is 2. The van der Waals surface area contributed by atoms with Crippen molar-refractivity contribution in [1.29, 1.82) is 0 Å². The van der Waals surface area contributed by atoms with Crippen LogP contribution in [0.3, 0.4) is 0 Å². The van der Waals surface area contributed by atoms with E-state index in [4.69, 9.17) is 5.11 Å². The van der Waals surface area contributed by atoms with Gasteiger partial charge in [-0.15, -0.1) is 0 Å². The molecule has 0 aromatic rings. The summed E-state index contributed by atoms with van der Waals surface area (Å²) in [6.45, 7) is 4.90. The van der Waals surface area contributed by atoms with Gasteiger partial charge in [0.1, 0.15) is 0 Å². The van der Waals surface area contributed by atoms with Crippen molar-refractivity contribution < 1.29 is 9.90 Å². The van der Waals surface area contributed by atoms with E-state index in [1.54, 1.807) is 0 Å². The minimum absolute atomic E-state index is 0.00375. The fraction of sp³-hybridized carbons (Fsp3) is 0.917. The van der Waals surface area contributed by atoms with E-state index in [1.165, 1.54) is 18.6 Å². The first kappa shape index (κ1) is 14.6. The van der Waals surface area contributed by atoms with Gasteiger partial charge in [-0.25, -0.2) is 4.79 Å². The number of carbonyl (C=O) groups excluding carboxylic acids is 1. The van der Waals surface area contributed by atoms with Gasteiger partial charge < -0.3 is 15.7 Å². The Morgan fingerprint density at radius 2 is 2.29 bits per heavy atom. The average molecular weight is 260 g/mol. The van der Waals surface area contributed by atoms with Crippen LogP contribution in [0.1, 0.15) is 33.1 Å². The van der Waals surface area contributed by atoms with Crippen molar-refractivity contribution in [3.8, 4) is 0 Å². The Morgan fingerprint density at radius 3 is 2.82 bits per heavy atom. The van der Waals surface area contributed by atoms with Crippen molar-refractivity contribution >= 4 is 17.8 Å². The highest BCUT2D eigenvalue weighted by molar-refractivity contribution is 8.00. The molecule has 4 nitrogen and oxygen atoms in total. The van der Waals surface area contributed by atoms with Crippen LogP contribution in [0.15, 0.2) is 0 Å². The van der Waals surface area contributed by atoms with Gasteiger partial charge in [-0.2, -0.15) is 11.8 Å². The van der Waals surface area contributed by atoms with Crippen LogP contribution in [0.5, 0.6) is 0 Å². The van der Waals surface area contributed by atoms with Crippen molar-refractivity contribution in [3.05, 3.63) is 0 Å². The van der Waals surface area contributed by atoms with Gasteiger partial charge in [-0.1, -0.05) is 13.8 Å². The molecule has 0 aromatic carbocycles. The molecule has 100 valence electrons. The van der Waals surface area contributed by atoms with Crippen molar-refractivity contribution in [1.82, 2.24) is 10.6 Å². The molecule has 17 heavy (non-hydrogen) atoms. The molecule has 2 unspecified atom stereocenters. The lowest BCUT2D eigenvalue weighted by Crippen LogP contribution is -2.45. The van der Waals surface area contributed by atoms with E-state index in [9.17, 15) is 4.79 Å². The standard InChI is InChI=1S/C12H24N2O2S/c1-9(2)6-10(8-15)14-12(16)13-7-11-4-3-5-17-11/h9-11,15H,3-8H2,1-2H3,(H2,13,14,16). The topological polar surface area (TPSA) is 61.4 Å². The normalized spacial score (nSPS) is 21.5. The SMILES string of the molecule is CC(C)CC(CO)NC(=O)NCC1CCCS1. The quantitative estimate of drug-likeness (QED) is 0.679. The Hall–Kier alpha value is -0.420. The summed E-state index contributed by atoms with van der Waals surface area (Å²) in [5, 5.41) is 15.4. The zero-order chi connectivity index (χ0) is 12.7. The van der Waals surface area contributed by atoms with E-state index in [0.717, 1.165) is 13.0 Å². The van der Waals surface area contributed by atoms with Crippen LogP contribution in [0.4, 0.5) is 4.79 Å². The molecule has 1 aliphatic heterocycles. The first-order valence-electron chi connectivity index (χ1n) is 6.38. The molecule has 0 bridgehead atoms. The Balaban J connectivity index is 2.17. The lowest BCUT2D eigenvalue weighted by Gasteiger charge is -2.19. The second-order valence-corrected chi connectivity index (χ2v) is 6.41. The first-order chi connectivity index (χ1) is 8.11. The molecule has 1 fully saturated rings. The highest BCUT2D eigenvalue weighted by Crippen LogP contribution is 2.25. The van der Waals surface area contributed by atoms with Gasteiger partial charge >= 0.3 is 6.03 Å².